The highest BCUT2D eigenvalue weighted by Gasteiger charge is 2.30. The molecule has 28 heavy (non-hydrogen) atoms. The Labute approximate surface area is 163 Å². The first-order valence-electron chi connectivity index (χ1n) is 8.90. The molecule has 2 heterocycles. The Morgan fingerprint density at radius 2 is 2.07 bits per heavy atom. The number of anilines is 3. The van der Waals surface area contributed by atoms with Crippen LogP contribution < -0.4 is 20.3 Å². The first-order valence-corrected chi connectivity index (χ1v) is 10.4. The predicted octanol–water partition coefficient (Wildman–Crippen LogP) is 1.48. The van der Waals surface area contributed by atoms with Gasteiger partial charge in [-0.2, -0.15) is 5.26 Å². The zero-order valence-corrected chi connectivity index (χ0v) is 15.8. The van der Waals surface area contributed by atoms with Gasteiger partial charge >= 0.3 is 0 Å². The van der Waals surface area contributed by atoms with Gasteiger partial charge in [-0.3, -0.25) is 9.52 Å². The van der Waals surface area contributed by atoms with Crippen molar-refractivity contribution in [2.75, 3.05) is 34.6 Å². The Morgan fingerprint density at radius 1 is 1.21 bits per heavy atom. The number of rotatable bonds is 3. The molecule has 1 amide bonds. The molecule has 8 nitrogen and oxygen atoms in total. The van der Waals surface area contributed by atoms with Crippen LogP contribution in [0.25, 0.3) is 0 Å². The van der Waals surface area contributed by atoms with Crippen LogP contribution in [0.1, 0.15) is 12.0 Å². The summed E-state index contributed by atoms with van der Waals surface area (Å²) in [6.45, 7) is 2.34. The minimum atomic E-state index is -3.86. The molecule has 3 N–H and O–H groups in total. The molecule has 2 aliphatic heterocycles. The number of nitriles is 1. The third-order valence-electron chi connectivity index (χ3n) is 4.88. The number of benzene rings is 2. The van der Waals surface area contributed by atoms with E-state index in [9.17, 15) is 13.2 Å². The highest BCUT2D eigenvalue weighted by molar-refractivity contribution is 7.92. The second-order valence-electron chi connectivity index (χ2n) is 6.78. The Balaban J connectivity index is 1.65. The summed E-state index contributed by atoms with van der Waals surface area (Å²) in [7, 11) is -3.86. The first-order chi connectivity index (χ1) is 13.5. The number of carbonyl (C=O) groups excluding carboxylic acids is 1. The average molecular weight is 397 g/mol. The van der Waals surface area contributed by atoms with Gasteiger partial charge in [-0.15, -0.1) is 0 Å². The van der Waals surface area contributed by atoms with Crippen LogP contribution in [0.2, 0.25) is 0 Å². The summed E-state index contributed by atoms with van der Waals surface area (Å²) in [4.78, 5) is 14.4. The van der Waals surface area contributed by atoms with Crippen molar-refractivity contribution in [3.63, 3.8) is 0 Å². The van der Waals surface area contributed by atoms with Crippen molar-refractivity contribution in [2.24, 2.45) is 0 Å². The molecule has 0 radical (unpaired) electrons. The Morgan fingerprint density at radius 3 is 2.89 bits per heavy atom. The predicted molar refractivity (Wildman–Crippen MR) is 106 cm³/mol. The normalized spacial score (nSPS) is 18.9. The number of amides is 1. The fraction of sp³-hybridized carbons (Fsp3) is 0.263. The molecule has 0 aliphatic carbocycles. The lowest BCUT2D eigenvalue weighted by molar-refractivity contribution is -0.116. The summed E-state index contributed by atoms with van der Waals surface area (Å²) in [6, 6.07) is 13.0. The van der Waals surface area contributed by atoms with E-state index in [1.165, 1.54) is 18.2 Å². The number of piperazine rings is 1. The van der Waals surface area contributed by atoms with Crippen molar-refractivity contribution in [2.45, 2.75) is 17.4 Å². The summed E-state index contributed by atoms with van der Waals surface area (Å²) in [6.07, 6.45) is 0.379. The van der Waals surface area contributed by atoms with Gasteiger partial charge in [-0.05, 0) is 36.4 Å². The molecule has 144 valence electrons. The quantitative estimate of drug-likeness (QED) is 0.723. The van der Waals surface area contributed by atoms with Gasteiger partial charge in [-0.1, -0.05) is 6.07 Å². The fourth-order valence-corrected chi connectivity index (χ4v) is 4.67. The van der Waals surface area contributed by atoms with Crippen molar-refractivity contribution in [1.82, 2.24) is 5.32 Å². The summed E-state index contributed by atoms with van der Waals surface area (Å²) < 4.78 is 27.9. The molecule has 2 aromatic carbocycles. The van der Waals surface area contributed by atoms with Crippen molar-refractivity contribution in [3.05, 3.63) is 48.0 Å². The van der Waals surface area contributed by atoms with E-state index < -0.39 is 10.0 Å². The van der Waals surface area contributed by atoms with Crippen LogP contribution in [0.5, 0.6) is 0 Å². The lowest BCUT2D eigenvalue weighted by Crippen LogP contribution is -2.51. The van der Waals surface area contributed by atoms with E-state index in [-0.39, 0.29) is 22.4 Å². The Bertz CT molecular complexity index is 1080. The van der Waals surface area contributed by atoms with Gasteiger partial charge in [0.25, 0.3) is 10.0 Å². The Kier molecular flexibility index (Phi) is 4.66. The summed E-state index contributed by atoms with van der Waals surface area (Å²) >= 11 is 0. The van der Waals surface area contributed by atoms with Gasteiger partial charge in [0.05, 0.1) is 39.6 Å². The molecule has 4 rings (SSSR count). The summed E-state index contributed by atoms with van der Waals surface area (Å²) in [5.74, 6) is -0.0980. The Hall–Kier alpha value is -3.09. The largest absolute Gasteiger partial charge is 0.364 e. The van der Waals surface area contributed by atoms with Crippen LogP contribution in [0.3, 0.4) is 0 Å². The third-order valence-corrected chi connectivity index (χ3v) is 6.26. The zero-order chi connectivity index (χ0) is 19.7. The molecule has 1 atom stereocenters. The molecule has 0 aromatic heterocycles. The smallest absolute Gasteiger partial charge is 0.261 e. The first kappa shape index (κ1) is 18.3. The van der Waals surface area contributed by atoms with E-state index in [2.05, 4.69) is 20.3 Å². The number of carbonyl (C=O) groups is 1. The lowest BCUT2D eigenvalue weighted by Gasteiger charge is -2.36. The van der Waals surface area contributed by atoms with E-state index in [1.807, 2.05) is 12.1 Å². The van der Waals surface area contributed by atoms with Crippen LogP contribution in [-0.4, -0.2) is 40.0 Å². The van der Waals surface area contributed by atoms with Crippen LogP contribution >= 0.6 is 0 Å². The number of sulfonamides is 1. The highest BCUT2D eigenvalue weighted by atomic mass is 32.2. The minimum Gasteiger partial charge on any atom is -0.364 e. The zero-order valence-electron chi connectivity index (χ0n) is 15.0. The van der Waals surface area contributed by atoms with Crippen molar-refractivity contribution in [1.29, 1.82) is 5.26 Å². The second-order valence-corrected chi connectivity index (χ2v) is 8.46. The number of hydrogen-bond donors (Lipinski definition) is 3. The molecule has 0 spiro atoms. The molecule has 0 saturated carbocycles. The molecule has 1 fully saturated rings. The highest BCUT2D eigenvalue weighted by Crippen LogP contribution is 2.34. The molecule has 0 bridgehead atoms. The topological polar surface area (TPSA) is 114 Å². The van der Waals surface area contributed by atoms with Gasteiger partial charge in [0.2, 0.25) is 5.91 Å². The van der Waals surface area contributed by atoms with Gasteiger partial charge in [-0.25, -0.2) is 8.42 Å². The van der Waals surface area contributed by atoms with Crippen LogP contribution in [0.4, 0.5) is 17.1 Å². The van der Waals surface area contributed by atoms with E-state index in [0.717, 1.165) is 25.3 Å². The summed E-state index contributed by atoms with van der Waals surface area (Å²) in [5, 5.41) is 15.2. The van der Waals surface area contributed by atoms with Crippen LogP contribution in [-0.2, 0) is 14.8 Å². The monoisotopic (exact) mass is 397 g/mol. The number of nitrogens with one attached hydrogen (secondary N) is 3. The summed E-state index contributed by atoms with van der Waals surface area (Å²) in [5.41, 5.74) is 2.07. The van der Waals surface area contributed by atoms with E-state index in [4.69, 9.17) is 5.26 Å². The molecule has 9 heteroatoms. The molecule has 1 unspecified atom stereocenters. The van der Waals surface area contributed by atoms with E-state index >= 15 is 0 Å². The fourth-order valence-electron chi connectivity index (χ4n) is 3.57. The van der Waals surface area contributed by atoms with Gasteiger partial charge in [0, 0.05) is 26.1 Å². The lowest BCUT2D eigenvalue weighted by atomic mass is 10.1. The van der Waals surface area contributed by atoms with E-state index in [1.54, 1.807) is 18.2 Å². The maximum atomic E-state index is 12.7. The standard InChI is InChI=1S/C19H19N5O3S/c20-11-13-2-1-3-16(8-13)28(26,27)23-14-4-5-18-17(9-14)22-19(25)10-15-12-21-6-7-24(15)18/h1-5,8-9,15,21,23H,6-7,10,12H2,(H,22,25). The van der Waals surface area contributed by atoms with Crippen LogP contribution in [0.15, 0.2) is 47.4 Å². The molecular weight excluding hydrogens is 378 g/mol. The second kappa shape index (κ2) is 7.14. The maximum absolute atomic E-state index is 12.7. The van der Waals surface area contributed by atoms with Gasteiger partial charge in [0.1, 0.15) is 0 Å². The number of nitrogens with zero attached hydrogens (tertiary/aromatic N) is 2. The number of fused-ring (bicyclic) bond motifs is 3. The van der Waals surface area contributed by atoms with Crippen molar-refractivity contribution >= 4 is 33.0 Å². The van der Waals surface area contributed by atoms with Gasteiger partial charge in [0.15, 0.2) is 0 Å². The third kappa shape index (κ3) is 3.52. The average Bonchev–Trinajstić information content (AvgIpc) is 2.82. The molecular formula is C19H19N5O3S. The van der Waals surface area contributed by atoms with Crippen molar-refractivity contribution < 1.29 is 13.2 Å². The van der Waals surface area contributed by atoms with E-state index in [0.29, 0.717) is 17.8 Å². The van der Waals surface area contributed by atoms with Crippen LogP contribution in [0, 0.1) is 11.3 Å². The van der Waals surface area contributed by atoms with Gasteiger partial charge < -0.3 is 15.5 Å². The minimum absolute atomic E-state index is 0.00713. The molecule has 2 aliphatic rings. The maximum Gasteiger partial charge on any atom is 0.261 e. The molecule has 1 saturated heterocycles. The molecule has 2 aromatic rings. The SMILES string of the molecule is N#Cc1cccc(S(=O)(=O)Nc2ccc3c(c2)NC(=O)CC2CNCCN32)c1. The van der Waals surface area contributed by atoms with Crippen molar-refractivity contribution in [3.8, 4) is 6.07 Å². The number of hydrogen-bond acceptors (Lipinski definition) is 6.